The molecule has 0 spiro atoms. The van der Waals surface area contributed by atoms with Crippen molar-refractivity contribution in [1.29, 1.82) is 0 Å². The Kier molecular flexibility index (Phi) is 5.51. The van der Waals surface area contributed by atoms with E-state index < -0.39 is 5.92 Å². The van der Waals surface area contributed by atoms with Crippen LogP contribution in [0.1, 0.15) is 30.5 Å². The number of anilines is 2. The van der Waals surface area contributed by atoms with Gasteiger partial charge in [0.25, 0.3) is 0 Å². The SMILES string of the molecule is CCCn1cc2c(C3C(=O)Nc4ccc(Br)cc43)nc(NCCN(C)C)nc2n1. The molecule has 0 aliphatic carbocycles. The molecule has 1 unspecified atom stereocenters. The van der Waals surface area contributed by atoms with E-state index >= 15 is 0 Å². The van der Waals surface area contributed by atoms with Crippen LogP contribution in [0.4, 0.5) is 11.6 Å². The average Bonchev–Trinajstić information content (AvgIpc) is 3.20. The van der Waals surface area contributed by atoms with Gasteiger partial charge in [0, 0.05) is 36.0 Å². The monoisotopic (exact) mass is 457 g/mol. The number of hydrogen-bond donors (Lipinski definition) is 2. The Bertz CT molecular complexity index is 1060. The number of halogens is 1. The first-order valence-electron chi connectivity index (χ1n) is 9.70. The van der Waals surface area contributed by atoms with E-state index in [-0.39, 0.29) is 5.91 Å². The highest BCUT2D eigenvalue weighted by Crippen LogP contribution is 2.40. The van der Waals surface area contributed by atoms with E-state index in [1.54, 1.807) is 0 Å². The highest BCUT2D eigenvalue weighted by Gasteiger charge is 2.35. The summed E-state index contributed by atoms with van der Waals surface area (Å²) in [6.45, 7) is 4.44. The van der Waals surface area contributed by atoms with Gasteiger partial charge in [0.05, 0.1) is 11.1 Å². The van der Waals surface area contributed by atoms with Crippen molar-refractivity contribution in [3.05, 3.63) is 40.1 Å². The van der Waals surface area contributed by atoms with Crippen LogP contribution in [0, 0.1) is 0 Å². The molecule has 2 N–H and O–H groups in total. The lowest BCUT2D eigenvalue weighted by atomic mass is 9.95. The standard InChI is InChI=1S/C20H24BrN7O/c1-4-8-28-11-14-17(16-13-10-12(21)5-6-15(13)23-19(16)29)24-20(25-18(14)26-28)22-7-9-27(2)3/h5-6,10-11,16H,4,7-9H2,1-3H3,(H,23,29)(H,22,25,26). The second-order valence-corrected chi connectivity index (χ2v) is 8.36. The topological polar surface area (TPSA) is 88.0 Å². The molecule has 152 valence electrons. The third-order valence-electron chi connectivity index (χ3n) is 4.87. The van der Waals surface area contributed by atoms with Gasteiger partial charge in [-0.2, -0.15) is 10.1 Å². The summed E-state index contributed by atoms with van der Waals surface area (Å²) in [4.78, 5) is 24.3. The van der Waals surface area contributed by atoms with E-state index in [2.05, 4.69) is 48.5 Å². The summed E-state index contributed by atoms with van der Waals surface area (Å²) < 4.78 is 2.80. The van der Waals surface area contributed by atoms with Gasteiger partial charge >= 0.3 is 0 Å². The number of fused-ring (bicyclic) bond motifs is 2. The number of hydrogen-bond acceptors (Lipinski definition) is 6. The lowest BCUT2D eigenvalue weighted by molar-refractivity contribution is -0.116. The minimum Gasteiger partial charge on any atom is -0.353 e. The van der Waals surface area contributed by atoms with Gasteiger partial charge in [-0.3, -0.25) is 9.48 Å². The number of aryl methyl sites for hydroxylation is 1. The molecule has 29 heavy (non-hydrogen) atoms. The predicted molar refractivity (Wildman–Crippen MR) is 117 cm³/mol. The van der Waals surface area contributed by atoms with Gasteiger partial charge in [-0.15, -0.1) is 0 Å². The summed E-state index contributed by atoms with van der Waals surface area (Å²) in [5, 5.41) is 11.7. The van der Waals surface area contributed by atoms with Gasteiger partial charge in [0.1, 0.15) is 5.92 Å². The van der Waals surface area contributed by atoms with Crippen LogP contribution in [-0.2, 0) is 11.3 Å². The minimum absolute atomic E-state index is 0.0828. The van der Waals surface area contributed by atoms with Gasteiger partial charge in [-0.05, 0) is 44.3 Å². The van der Waals surface area contributed by atoms with E-state index in [1.807, 2.05) is 43.2 Å². The van der Waals surface area contributed by atoms with Crippen LogP contribution in [0.15, 0.2) is 28.9 Å². The first-order chi connectivity index (χ1) is 14.0. The molecular weight excluding hydrogens is 434 g/mol. The van der Waals surface area contributed by atoms with Gasteiger partial charge in [-0.25, -0.2) is 4.98 Å². The maximum atomic E-state index is 12.9. The molecule has 0 fully saturated rings. The summed E-state index contributed by atoms with van der Waals surface area (Å²) in [5.74, 6) is -0.0883. The lowest BCUT2D eigenvalue weighted by Crippen LogP contribution is -2.22. The molecule has 8 nitrogen and oxygen atoms in total. The van der Waals surface area contributed by atoms with E-state index in [0.717, 1.165) is 40.6 Å². The van der Waals surface area contributed by atoms with Crippen molar-refractivity contribution in [2.75, 3.05) is 37.8 Å². The molecule has 1 amide bonds. The van der Waals surface area contributed by atoms with Crippen LogP contribution >= 0.6 is 15.9 Å². The molecule has 2 aromatic heterocycles. The fourth-order valence-corrected chi connectivity index (χ4v) is 3.89. The number of amides is 1. The average molecular weight is 458 g/mol. The zero-order valence-electron chi connectivity index (χ0n) is 16.7. The molecular formula is C20H24BrN7O. The van der Waals surface area contributed by atoms with Crippen molar-refractivity contribution in [1.82, 2.24) is 24.6 Å². The first-order valence-corrected chi connectivity index (χ1v) is 10.5. The van der Waals surface area contributed by atoms with E-state index in [9.17, 15) is 4.79 Å². The third kappa shape index (κ3) is 3.97. The molecule has 3 heterocycles. The molecule has 1 aliphatic rings. The Labute approximate surface area is 177 Å². The highest BCUT2D eigenvalue weighted by atomic mass is 79.9. The zero-order valence-corrected chi connectivity index (χ0v) is 18.3. The van der Waals surface area contributed by atoms with Crippen LogP contribution in [0.3, 0.4) is 0 Å². The molecule has 0 radical (unpaired) electrons. The molecule has 1 aliphatic heterocycles. The summed E-state index contributed by atoms with van der Waals surface area (Å²) in [6.07, 6.45) is 2.91. The maximum absolute atomic E-state index is 12.9. The molecule has 1 atom stereocenters. The van der Waals surface area contributed by atoms with Crippen molar-refractivity contribution in [3.8, 4) is 0 Å². The largest absolute Gasteiger partial charge is 0.353 e. The second-order valence-electron chi connectivity index (χ2n) is 7.45. The van der Waals surface area contributed by atoms with Gasteiger partial charge in [0.15, 0.2) is 5.65 Å². The molecule has 0 bridgehead atoms. The molecule has 3 aromatic rings. The number of likely N-dealkylation sites (N-methyl/N-ethyl adjacent to an activating group) is 1. The molecule has 1 aromatic carbocycles. The fraction of sp³-hybridized carbons (Fsp3) is 0.400. The molecule has 9 heteroatoms. The van der Waals surface area contributed by atoms with E-state index in [1.165, 1.54) is 0 Å². The van der Waals surface area contributed by atoms with Gasteiger partial charge in [-0.1, -0.05) is 22.9 Å². The van der Waals surface area contributed by atoms with Crippen LogP contribution in [0.5, 0.6) is 0 Å². The normalized spacial score (nSPS) is 15.8. The van der Waals surface area contributed by atoms with Crippen LogP contribution in [-0.4, -0.2) is 57.7 Å². The Morgan fingerprint density at radius 2 is 2.14 bits per heavy atom. The summed E-state index contributed by atoms with van der Waals surface area (Å²) in [5.41, 5.74) is 3.01. The van der Waals surface area contributed by atoms with Crippen LogP contribution in [0.2, 0.25) is 0 Å². The number of benzene rings is 1. The summed E-state index contributed by atoms with van der Waals surface area (Å²) in [6, 6.07) is 5.80. The number of aromatic nitrogens is 4. The maximum Gasteiger partial charge on any atom is 0.238 e. The number of nitrogens with one attached hydrogen (secondary N) is 2. The van der Waals surface area contributed by atoms with E-state index in [0.29, 0.717) is 23.8 Å². The Morgan fingerprint density at radius 1 is 1.31 bits per heavy atom. The van der Waals surface area contributed by atoms with Crippen molar-refractivity contribution in [3.63, 3.8) is 0 Å². The molecule has 0 saturated heterocycles. The minimum atomic E-state index is -0.498. The Hall–Kier alpha value is -2.52. The smallest absolute Gasteiger partial charge is 0.238 e. The second kappa shape index (κ2) is 8.08. The van der Waals surface area contributed by atoms with E-state index in [4.69, 9.17) is 4.98 Å². The highest BCUT2D eigenvalue weighted by molar-refractivity contribution is 9.10. The zero-order chi connectivity index (χ0) is 20.5. The summed E-state index contributed by atoms with van der Waals surface area (Å²) in [7, 11) is 4.03. The number of rotatable bonds is 7. The Balaban J connectivity index is 1.81. The number of carbonyl (C=O) groups is 1. The third-order valence-corrected chi connectivity index (χ3v) is 5.36. The first kappa shape index (κ1) is 19.8. The Morgan fingerprint density at radius 3 is 2.90 bits per heavy atom. The van der Waals surface area contributed by atoms with Crippen molar-refractivity contribution >= 4 is 44.5 Å². The summed E-state index contributed by atoms with van der Waals surface area (Å²) >= 11 is 3.52. The molecule has 4 rings (SSSR count). The molecule has 0 saturated carbocycles. The van der Waals surface area contributed by atoms with Crippen LogP contribution < -0.4 is 10.6 Å². The predicted octanol–water partition coefficient (Wildman–Crippen LogP) is 3.06. The van der Waals surface area contributed by atoms with Gasteiger partial charge in [0.2, 0.25) is 11.9 Å². The quantitative estimate of drug-likeness (QED) is 0.566. The van der Waals surface area contributed by atoms with Crippen LogP contribution in [0.25, 0.3) is 11.0 Å². The fourth-order valence-electron chi connectivity index (χ4n) is 3.51. The van der Waals surface area contributed by atoms with Crippen molar-refractivity contribution in [2.45, 2.75) is 25.8 Å². The number of carbonyl (C=O) groups excluding carboxylic acids is 1. The van der Waals surface area contributed by atoms with Crippen molar-refractivity contribution < 1.29 is 4.79 Å². The van der Waals surface area contributed by atoms with Crippen molar-refractivity contribution in [2.24, 2.45) is 0 Å². The number of nitrogens with zero attached hydrogens (tertiary/aromatic N) is 5. The lowest BCUT2D eigenvalue weighted by Gasteiger charge is -2.13. The van der Waals surface area contributed by atoms with Gasteiger partial charge < -0.3 is 15.5 Å².